The van der Waals surface area contributed by atoms with E-state index in [2.05, 4.69) is 20.7 Å². The summed E-state index contributed by atoms with van der Waals surface area (Å²) in [6.07, 6.45) is 0. The van der Waals surface area contributed by atoms with E-state index in [0.29, 0.717) is 6.54 Å². The van der Waals surface area contributed by atoms with Crippen molar-refractivity contribution in [3.8, 4) is 0 Å². The number of hydrogen-bond donors (Lipinski definition) is 1. The van der Waals surface area contributed by atoms with Crippen LogP contribution in [-0.4, -0.2) is 14.2 Å². The molecule has 1 N–H and O–H groups in total. The van der Waals surface area contributed by atoms with E-state index in [9.17, 15) is 8.42 Å². The van der Waals surface area contributed by atoms with Crippen LogP contribution in [0.5, 0.6) is 0 Å². The Bertz CT molecular complexity index is 446. The van der Waals surface area contributed by atoms with Gasteiger partial charge in [0.25, 0.3) is 0 Å². The number of thiophene rings is 1. The van der Waals surface area contributed by atoms with Gasteiger partial charge < -0.3 is 0 Å². The van der Waals surface area contributed by atoms with Gasteiger partial charge in [0, 0.05) is 11.4 Å². The maximum atomic E-state index is 11.7. The van der Waals surface area contributed by atoms with Gasteiger partial charge in [-0.3, -0.25) is 0 Å². The van der Waals surface area contributed by atoms with E-state index in [-0.39, 0.29) is 11.2 Å². The molecule has 3 nitrogen and oxygen atoms in total. The molecule has 0 saturated carbocycles. The fourth-order valence-corrected chi connectivity index (χ4v) is 4.38. The van der Waals surface area contributed by atoms with Crippen molar-refractivity contribution in [3.05, 3.63) is 20.8 Å². The average molecular weight is 326 g/mol. The van der Waals surface area contributed by atoms with Gasteiger partial charge in [0.2, 0.25) is 10.0 Å². The van der Waals surface area contributed by atoms with Crippen molar-refractivity contribution in [3.63, 3.8) is 0 Å². The predicted molar refractivity (Wildman–Crippen MR) is 72.1 cm³/mol. The predicted octanol–water partition coefficient (Wildman–Crippen LogP) is 2.98. The molecule has 16 heavy (non-hydrogen) atoms. The van der Waals surface area contributed by atoms with Crippen molar-refractivity contribution in [2.45, 2.75) is 27.3 Å². The Morgan fingerprint density at radius 1 is 1.38 bits per heavy atom. The Morgan fingerprint density at radius 2 is 2.00 bits per heavy atom. The maximum Gasteiger partial charge on any atom is 0.212 e. The molecule has 0 radical (unpaired) electrons. The highest BCUT2D eigenvalue weighted by molar-refractivity contribution is 9.11. The monoisotopic (exact) mass is 325 g/mol. The number of halogens is 1. The first-order chi connectivity index (χ1) is 7.18. The van der Waals surface area contributed by atoms with Crippen LogP contribution < -0.4 is 4.72 Å². The molecule has 0 aliphatic heterocycles. The molecule has 0 spiro atoms. The molecule has 1 heterocycles. The summed E-state index contributed by atoms with van der Waals surface area (Å²) in [5, 5.41) is 0. The highest BCUT2D eigenvalue weighted by Gasteiger charge is 2.21. The van der Waals surface area contributed by atoms with Crippen LogP contribution in [0.1, 0.15) is 25.6 Å². The molecular weight excluding hydrogens is 310 g/mol. The number of rotatable bonds is 4. The van der Waals surface area contributed by atoms with Gasteiger partial charge >= 0.3 is 0 Å². The van der Waals surface area contributed by atoms with Gasteiger partial charge in [-0.1, -0.05) is 20.8 Å². The second-order valence-corrected chi connectivity index (χ2v) is 9.20. The van der Waals surface area contributed by atoms with Crippen LogP contribution in [0.4, 0.5) is 0 Å². The smallest absolute Gasteiger partial charge is 0.212 e. The number of nitrogens with one attached hydrogen (secondary N) is 1. The van der Waals surface area contributed by atoms with Crippen LogP contribution in [0.3, 0.4) is 0 Å². The third-order valence-corrected chi connectivity index (χ3v) is 5.17. The largest absolute Gasteiger partial charge is 0.212 e. The van der Waals surface area contributed by atoms with Crippen LogP contribution in [0.25, 0.3) is 0 Å². The molecule has 1 rings (SSSR count). The van der Waals surface area contributed by atoms with Crippen molar-refractivity contribution >= 4 is 37.3 Å². The first-order valence-electron chi connectivity index (χ1n) is 4.89. The first kappa shape index (κ1) is 14.2. The lowest BCUT2D eigenvalue weighted by Crippen LogP contribution is -2.31. The fraction of sp³-hybridized carbons (Fsp3) is 0.600. The Morgan fingerprint density at radius 3 is 2.44 bits per heavy atom. The topological polar surface area (TPSA) is 46.2 Å². The molecule has 0 aromatic carbocycles. The number of sulfonamides is 1. The van der Waals surface area contributed by atoms with Gasteiger partial charge in [-0.05, 0) is 33.5 Å². The fourth-order valence-electron chi connectivity index (χ4n) is 1.25. The normalized spacial score (nSPS) is 13.0. The van der Waals surface area contributed by atoms with Crippen LogP contribution in [-0.2, 0) is 16.6 Å². The molecule has 0 aliphatic rings. The molecule has 0 atom stereocenters. The zero-order chi connectivity index (χ0) is 12.4. The van der Waals surface area contributed by atoms with E-state index in [1.54, 1.807) is 0 Å². The van der Waals surface area contributed by atoms with Gasteiger partial charge in [0.05, 0.1) is 9.54 Å². The second kappa shape index (κ2) is 5.16. The van der Waals surface area contributed by atoms with Gasteiger partial charge in [-0.2, -0.15) is 0 Å². The van der Waals surface area contributed by atoms with Crippen molar-refractivity contribution in [2.75, 3.05) is 5.75 Å². The lowest BCUT2D eigenvalue weighted by Gasteiger charge is -2.18. The zero-order valence-corrected chi connectivity index (χ0v) is 12.8. The quantitative estimate of drug-likeness (QED) is 0.925. The molecule has 0 amide bonds. The zero-order valence-electron chi connectivity index (χ0n) is 9.58. The molecule has 0 fully saturated rings. The minimum atomic E-state index is -3.19. The van der Waals surface area contributed by atoms with Gasteiger partial charge in [-0.15, -0.1) is 11.3 Å². The Labute approximate surface area is 109 Å². The highest BCUT2D eigenvalue weighted by Crippen LogP contribution is 2.22. The molecular formula is C10H16BrNO2S2. The first-order valence-corrected chi connectivity index (χ1v) is 8.16. The minimum absolute atomic E-state index is 0.145. The highest BCUT2D eigenvalue weighted by atomic mass is 79.9. The lowest BCUT2D eigenvalue weighted by atomic mass is 10.0. The number of hydrogen-bond acceptors (Lipinski definition) is 3. The van der Waals surface area contributed by atoms with Crippen LogP contribution in [0.2, 0.25) is 0 Å². The van der Waals surface area contributed by atoms with Crippen LogP contribution >= 0.6 is 27.3 Å². The Balaban J connectivity index is 2.55. The molecule has 0 bridgehead atoms. The standard InChI is InChI=1S/C10H16BrNO2S2/c1-10(2,3)7-16(13,14)12-6-8-4-5-9(11)15-8/h4-5,12H,6-7H2,1-3H3. The molecule has 0 aliphatic carbocycles. The van der Waals surface area contributed by atoms with E-state index >= 15 is 0 Å². The lowest BCUT2D eigenvalue weighted by molar-refractivity contribution is 0.458. The molecule has 92 valence electrons. The van der Waals surface area contributed by atoms with Crippen molar-refractivity contribution < 1.29 is 8.42 Å². The summed E-state index contributed by atoms with van der Waals surface area (Å²) in [5.74, 6) is 0.145. The van der Waals surface area contributed by atoms with E-state index in [1.165, 1.54) is 11.3 Å². The summed E-state index contributed by atoms with van der Waals surface area (Å²) in [6, 6.07) is 3.83. The molecule has 0 saturated heterocycles. The second-order valence-electron chi connectivity index (χ2n) is 4.85. The van der Waals surface area contributed by atoms with E-state index < -0.39 is 10.0 Å². The third kappa shape index (κ3) is 5.43. The maximum absolute atomic E-state index is 11.7. The Kier molecular flexibility index (Phi) is 4.57. The van der Waals surface area contributed by atoms with Crippen molar-refractivity contribution in [1.29, 1.82) is 0 Å². The average Bonchev–Trinajstić information content (AvgIpc) is 2.44. The van der Waals surface area contributed by atoms with Gasteiger partial charge in [-0.25, -0.2) is 13.1 Å². The third-order valence-electron chi connectivity index (χ3n) is 1.72. The van der Waals surface area contributed by atoms with E-state index in [0.717, 1.165) is 8.66 Å². The van der Waals surface area contributed by atoms with Crippen molar-refractivity contribution in [2.24, 2.45) is 5.41 Å². The minimum Gasteiger partial charge on any atom is -0.212 e. The molecule has 1 aromatic heterocycles. The summed E-state index contributed by atoms with van der Waals surface area (Å²) in [5.41, 5.74) is -0.220. The molecule has 6 heteroatoms. The molecule has 1 aromatic rings. The van der Waals surface area contributed by atoms with Crippen LogP contribution in [0.15, 0.2) is 15.9 Å². The summed E-state index contributed by atoms with van der Waals surface area (Å²) < 4.78 is 27.0. The summed E-state index contributed by atoms with van der Waals surface area (Å²) >= 11 is 4.88. The SMILES string of the molecule is CC(C)(C)CS(=O)(=O)NCc1ccc(Br)s1. The van der Waals surface area contributed by atoms with E-state index in [4.69, 9.17) is 0 Å². The molecule has 0 unspecified atom stereocenters. The van der Waals surface area contributed by atoms with Gasteiger partial charge in [0.1, 0.15) is 0 Å². The van der Waals surface area contributed by atoms with Gasteiger partial charge in [0.15, 0.2) is 0 Å². The summed E-state index contributed by atoms with van der Waals surface area (Å²) in [7, 11) is -3.19. The van der Waals surface area contributed by atoms with Crippen molar-refractivity contribution in [1.82, 2.24) is 4.72 Å². The van der Waals surface area contributed by atoms with E-state index in [1.807, 2.05) is 32.9 Å². The van der Waals surface area contributed by atoms with Crippen LogP contribution in [0, 0.1) is 5.41 Å². The Hall–Kier alpha value is 0.0900. The summed E-state index contributed by atoms with van der Waals surface area (Å²) in [4.78, 5) is 1.00. The summed E-state index contributed by atoms with van der Waals surface area (Å²) in [6.45, 7) is 6.10.